The molecule has 2 aromatic rings. The number of guanidine groups is 1. The van der Waals surface area contributed by atoms with Gasteiger partial charge in [0.05, 0.1) is 0 Å². The van der Waals surface area contributed by atoms with Crippen LogP contribution in [0.2, 0.25) is 0 Å². The standard InChI is InChI=1S/C21H31N5S/c1-3-22-20(25-17-21(2)11-7-15-27-21)24-16-19-23-12-14-26(19)13-10-18-8-5-4-6-9-18/h4-6,8-9,12,14H,3,7,10-11,13,15-17H2,1-2H3,(H2,22,24,25). The lowest BCUT2D eigenvalue weighted by Crippen LogP contribution is -2.43. The molecule has 0 bridgehead atoms. The Morgan fingerprint density at radius 1 is 1.30 bits per heavy atom. The molecular weight excluding hydrogens is 354 g/mol. The van der Waals surface area contributed by atoms with Gasteiger partial charge in [-0.25, -0.2) is 9.98 Å². The Balaban J connectivity index is 1.56. The van der Waals surface area contributed by atoms with Crippen LogP contribution in [0.4, 0.5) is 0 Å². The van der Waals surface area contributed by atoms with Crippen molar-refractivity contribution in [2.24, 2.45) is 4.99 Å². The maximum Gasteiger partial charge on any atom is 0.191 e. The van der Waals surface area contributed by atoms with E-state index in [1.54, 1.807) is 0 Å². The third-order valence-electron chi connectivity index (χ3n) is 4.94. The molecular formula is C21H31N5S. The highest BCUT2D eigenvalue weighted by Crippen LogP contribution is 2.36. The van der Waals surface area contributed by atoms with Gasteiger partial charge in [0.15, 0.2) is 5.96 Å². The molecule has 146 valence electrons. The van der Waals surface area contributed by atoms with Crippen LogP contribution in [0.25, 0.3) is 0 Å². The van der Waals surface area contributed by atoms with Crippen LogP contribution in [-0.2, 0) is 19.5 Å². The van der Waals surface area contributed by atoms with Crippen LogP contribution >= 0.6 is 11.8 Å². The summed E-state index contributed by atoms with van der Waals surface area (Å²) in [5.74, 6) is 3.15. The van der Waals surface area contributed by atoms with Crippen LogP contribution in [0.1, 0.15) is 38.1 Å². The molecule has 2 heterocycles. The molecule has 0 saturated carbocycles. The molecule has 1 fully saturated rings. The molecule has 1 aliphatic rings. The lowest BCUT2D eigenvalue weighted by atomic mass is 10.1. The number of thioether (sulfide) groups is 1. The number of hydrogen-bond acceptors (Lipinski definition) is 3. The fraction of sp³-hybridized carbons (Fsp3) is 0.524. The second-order valence-electron chi connectivity index (χ2n) is 7.22. The molecule has 0 amide bonds. The Morgan fingerprint density at radius 3 is 2.89 bits per heavy atom. The molecule has 2 N–H and O–H groups in total. The number of rotatable bonds is 8. The smallest absolute Gasteiger partial charge is 0.191 e. The minimum atomic E-state index is 0.324. The quantitative estimate of drug-likeness (QED) is 0.540. The molecule has 0 spiro atoms. The van der Waals surface area contributed by atoms with E-state index in [2.05, 4.69) is 76.1 Å². The summed E-state index contributed by atoms with van der Waals surface area (Å²) in [7, 11) is 0. The minimum Gasteiger partial charge on any atom is -0.357 e. The molecule has 0 radical (unpaired) electrons. The summed E-state index contributed by atoms with van der Waals surface area (Å²) in [6.45, 7) is 7.76. The minimum absolute atomic E-state index is 0.324. The summed E-state index contributed by atoms with van der Waals surface area (Å²) in [5, 5.41) is 6.88. The van der Waals surface area contributed by atoms with E-state index >= 15 is 0 Å². The first-order valence-corrected chi connectivity index (χ1v) is 10.9. The van der Waals surface area contributed by atoms with Crippen molar-refractivity contribution in [2.75, 3.05) is 18.8 Å². The van der Waals surface area contributed by atoms with Crippen LogP contribution in [0, 0.1) is 0 Å². The molecule has 5 nitrogen and oxygen atoms in total. The number of hydrogen-bond donors (Lipinski definition) is 2. The van der Waals surface area contributed by atoms with Crippen molar-refractivity contribution in [1.29, 1.82) is 0 Å². The third kappa shape index (κ3) is 6.03. The number of nitrogens with zero attached hydrogens (tertiary/aromatic N) is 3. The van der Waals surface area contributed by atoms with E-state index in [-0.39, 0.29) is 0 Å². The van der Waals surface area contributed by atoms with Gasteiger partial charge in [-0.2, -0.15) is 11.8 Å². The van der Waals surface area contributed by atoms with Crippen LogP contribution in [0.15, 0.2) is 47.7 Å². The monoisotopic (exact) mass is 385 g/mol. The van der Waals surface area contributed by atoms with E-state index in [1.165, 1.54) is 24.2 Å². The van der Waals surface area contributed by atoms with Crippen molar-refractivity contribution in [2.45, 2.75) is 50.9 Å². The first-order chi connectivity index (χ1) is 13.2. The average molecular weight is 386 g/mol. The number of aromatic nitrogens is 2. The van der Waals surface area contributed by atoms with E-state index in [4.69, 9.17) is 4.99 Å². The van der Waals surface area contributed by atoms with Gasteiger partial charge in [-0.15, -0.1) is 0 Å². The molecule has 3 rings (SSSR count). The van der Waals surface area contributed by atoms with Gasteiger partial charge in [0.2, 0.25) is 0 Å². The van der Waals surface area contributed by atoms with Crippen LogP contribution in [0.3, 0.4) is 0 Å². The fourth-order valence-electron chi connectivity index (χ4n) is 3.33. The zero-order valence-corrected chi connectivity index (χ0v) is 17.3. The van der Waals surface area contributed by atoms with E-state index in [0.717, 1.165) is 37.8 Å². The van der Waals surface area contributed by atoms with Gasteiger partial charge in [-0.1, -0.05) is 30.3 Å². The van der Waals surface area contributed by atoms with E-state index in [0.29, 0.717) is 11.3 Å². The van der Waals surface area contributed by atoms with E-state index in [1.807, 2.05) is 12.4 Å². The predicted molar refractivity (Wildman–Crippen MR) is 115 cm³/mol. The number of aliphatic imine (C=N–C) groups is 1. The second kappa shape index (κ2) is 9.83. The van der Waals surface area contributed by atoms with Crippen molar-refractivity contribution in [3.8, 4) is 0 Å². The molecule has 6 heteroatoms. The summed E-state index contributed by atoms with van der Waals surface area (Å²) >= 11 is 2.07. The molecule has 1 aliphatic heterocycles. The predicted octanol–water partition coefficient (Wildman–Crippen LogP) is 3.47. The Bertz CT molecular complexity index is 719. The summed E-state index contributed by atoms with van der Waals surface area (Å²) in [4.78, 5) is 9.27. The van der Waals surface area contributed by atoms with Gasteiger partial charge in [-0.3, -0.25) is 0 Å². The number of aryl methyl sites for hydroxylation is 2. The largest absolute Gasteiger partial charge is 0.357 e. The lowest BCUT2D eigenvalue weighted by Gasteiger charge is -2.24. The average Bonchev–Trinajstić information content (AvgIpc) is 3.32. The molecule has 27 heavy (non-hydrogen) atoms. The molecule has 1 unspecified atom stereocenters. The Kier molecular flexibility index (Phi) is 7.21. The highest BCUT2D eigenvalue weighted by atomic mass is 32.2. The zero-order chi connectivity index (χ0) is 19.0. The normalized spacial score (nSPS) is 20.0. The van der Waals surface area contributed by atoms with Gasteiger partial charge < -0.3 is 15.2 Å². The fourth-order valence-corrected chi connectivity index (χ4v) is 4.57. The molecule has 1 aromatic heterocycles. The maximum absolute atomic E-state index is 4.77. The van der Waals surface area contributed by atoms with Gasteiger partial charge in [0.1, 0.15) is 12.4 Å². The SMILES string of the molecule is CCNC(=NCc1nccn1CCc1ccccc1)NCC1(C)CCCS1. The van der Waals surface area contributed by atoms with Crippen LogP contribution < -0.4 is 10.6 Å². The third-order valence-corrected chi connectivity index (χ3v) is 6.48. The first kappa shape index (κ1) is 19.8. The molecule has 1 atom stereocenters. The highest BCUT2D eigenvalue weighted by Gasteiger charge is 2.29. The molecule has 1 aromatic carbocycles. The Labute approximate surface area is 167 Å². The van der Waals surface area contributed by atoms with Gasteiger partial charge in [-0.05, 0) is 44.4 Å². The molecule has 1 saturated heterocycles. The van der Waals surface area contributed by atoms with Crippen molar-refractivity contribution >= 4 is 17.7 Å². The van der Waals surface area contributed by atoms with Crippen molar-refractivity contribution in [3.05, 3.63) is 54.1 Å². The number of benzene rings is 1. The van der Waals surface area contributed by atoms with Crippen molar-refractivity contribution in [3.63, 3.8) is 0 Å². The topological polar surface area (TPSA) is 54.2 Å². The summed E-state index contributed by atoms with van der Waals surface area (Å²) in [6.07, 6.45) is 7.50. The van der Waals surface area contributed by atoms with Crippen LogP contribution in [-0.4, -0.2) is 39.1 Å². The summed E-state index contributed by atoms with van der Waals surface area (Å²) in [5.41, 5.74) is 1.35. The zero-order valence-electron chi connectivity index (χ0n) is 16.4. The first-order valence-electron chi connectivity index (χ1n) is 9.88. The lowest BCUT2D eigenvalue weighted by molar-refractivity contribution is 0.583. The number of imidazole rings is 1. The highest BCUT2D eigenvalue weighted by molar-refractivity contribution is 8.00. The van der Waals surface area contributed by atoms with Gasteiger partial charge >= 0.3 is 0 Å². The van der Waals surface area contributed by atoms with Crippen LogP contribution in [0.5, 0.6) is 0 Å². The van der Waals surface area contributed by atoms with E-state index in [9.17, 15) is 0 Å². The van der Waals surface area contributed by atoms with Gasteiger partial charge in [0.25, 0.3) is 0 Å². The maximum atomic E-state index is 4.77. The van der Waals surface area contributed by atoms with E-state index < -0.39 is 0 Å². The number of nitrogens with one attached hydrogen (secondary N) is 2. The Hall–Kier alpha value is -1.95. The molecule has 0 aliphatic carbocycles. The summed E-state index contributed by atoms with van der Waals surface area (Å²) < 4.78 is 2.53. The van der Waals surface area contributed by atoms with Crippen molar-refractivity contribution < 1.29 is 0 Å². The Morgan fingerprint density at radius 2 is 2.15 bits per heavy atom. The van der Waals surface area contributed by atoms with Gasteiger partial charge in [0, 0.05) is 36.8 Å². The second-order valence-corrected chi connectivity index (χ2v) is 8.91. The van der Waals surface area contributed by atoms with Crippen molar-refractivity contribution in [1.82, 2.24) is 20.2 Å². The summed E-state index contributed by atoms with van der Waals surface area (Å²) in [6, 6.07) is 10.6.